The second-order valence-electron chi connectivity index (χ2n) is 4.72. The van der Waals surface area contributed by atoms with Gasteiger partial charge in [-0.25, -0.2) is 9.78 Å². The number of aromatic nitrogens is 2. The molecule has 0 atom stereocenters. The third kappa shape index (κ3) is 1.98. The molecule has 18 heavy (non-hydrogen) atoms. The van der Waals surface area contributed by atoms with Gasteiger partial charge in [-0.1, -0.05) is 0 Å². The number of hydrogen-bond acceptors (Lipinski definition) is 3. The highest BCUT2D eigenvalue weighted by Crippen LogP contribution is 2.32. The molecule has 4 heteroatoms. The molecule has 4 nitrogen and oxygen atoms in total. The largest absolute Gasteiger partial charge is 0.461 e. The van der Waals surface area contributed by atoms with Gasteiger partial charge >= 0.3 is 5.97 Å². The molecule has 2 aromatic heterocycles. The van der Waals surface area contributed by atoms with E-state index in [0.29, 0.717) is 18.2 Å². The highest BCUT2D eigenvalue weighted by Gasteiger charge is 2.26. The van der Waals surface area contributed by atoms with E-state index in [0.717, 1.165) is 17.6 Å². The van der Waals surface area contributed by atoms with E-state index in [9.17, 15) is 4.79 Å². The SMILES string of the molecule is CCOC(=O)c1cc2cccnc2n1CC1CC1. The average Bonchev–Trinajstić information content (AvgIpc) is 3.11. The molecule has 0 unspecified atom stereocenters. The molecule has 0 spiro atoms. The van der Waals surface area contributed by atoms with Gasteiger partial charge in [0, 0.05) is 18.1 Å². The summed E-state index contributed by atoms with van der Waals surface area (Å²) in [4.78, 5) is 16.3. The van der Waals surface area contributed by atoms with E-state index in [2.05, 4.69) is 4.98 Å². The summed E-state index contributed by atoms with van der Waals surface area (Å²) in [5.74, 6) is 0.437. The first-order chi connectivity index (χ1) is 8.79. The van der Waals surface area contributed by atoms with E-state index in [1.807, 2.05) is 29.7 Å². The number of fused-ring (bicyclic) bond motifs is 1. The molecule has 0 aromatic carbocycles. The molecule has 0 radical (unpaired) electrons. The Hall–Kier alpha value is -1.84. The molecule has 94 valence electrons. The molecular formula is C14H16N2O2. The zero-order valence-electron chi connectivity index (χ0n) is 10.4. The lowest BCUT2D eigenvalue weighted by Crippen LogP contribution is -2.13. The van der Waals surface area contributed by atoms with Crippen LogP contribution in [0.25, 0.3) is 11.0 Å². The molecule has 0 amide bonds. The lowest BCUT2D eigenvalue weighted by Gasteiger charge is -2.08. The van der Waals surface area contributed by atoms with E-state index < -0.39 is 0 Å². The van der Waals surface area contributed by atoms with Crippen molar-refractivity contribution in [1.29, 1.82) is 0 Å². The number of nitrogens with zero attached hydrogens (tertiary/aromatic N) is 2. The van der Waals surface area contributed by atoms with Gasteiger partial charge in [-0.15, -0.1) is 0 Å². The van der Waals surface area contributed by atoms with Crippen LogP contribution in [-0.2, 0) is 11.3 Å². The lowest BCUT2D eigenvalue weighted by atomic mass is 10.3. The van der Waals surface area contributed by atoms with Crippen molar-refractivity contribution in [2.75, 3.05) is 6.61 Å². The minimum atomic E-state index is -0.254. The van der Waals surface area contributed by atoms with Crippen LogP contribution in [0.4, 0.5) is 0 Å². The van der Waals surface area contributed by atoms with Gasteiger partial charge in [0.15, 0.2) is 0 Å². The zero-order valence-corrected chi connectivity index (χ0v) is 10.4. The molecule has 1 aliphatic rings. The monoisotopic (exact) mass is 244 g/mol. The summed E-state index contributed by atoms with van der Waals surface area (Å²) >= 11 is 0. The maximum absolute atomic E-state index is 12.0. The normalized spacial score (nSPS) is 14.9. The molecule has 0 saturated heterocycles. The fraction of sp³-hybridized carbons (Fsp3) is 0.429. The second-order valence-corrected chi connectivity index (χ2v) is 4.72. The van der Waals surface area contributed by atoms with E-state index in [4.69, 9.17) is 4.74 Å². The number of ether oxygens (including phenoxy) is 1. The summed E-state index contributed by atoms with van der Waals surface area (Å²) in [5.41, 5.74) is 1.50. The number of esters is 1. The Morgan fingerprint density at radius 1 is 1.56 bits per heavy atom. The summed E-state index contributed by atoms with van der Waals surface area (Å²) in [6.45, 7) is 3.09. The van der Waals surface area contributed by atoms with Gasteiger partial charge in [0.2, 0.25) is 0 Å². The van der Waals surface area contributed by atoms with Crippen molar-refractivity contribution >= 4 is 17.0 Å². The van der Waals surface area contributed by atoms with Crippen LogP contribution in [0.2, 0.25) is 0 Å². The van der Waals surface area contributed by atoms with Gasteiger partial charge < -0.3 is 9.30 Å². The predicted octanol–water partition coefficient (Wildman–Crippen LogP) is 2.62. The Morgan fingerprint density at radius 2 is 2.39 bits per heavy atom. The van der Waals surface area contributed by atoms with E-state index in [-0.39, 0.29) is 5.97 Å². The third-order valence-corrected chi connectivity index (χ3v) is 3.28. The van der Waals surface area contributed by atoms with Crippen LogP contribution >= 0.6 is 0 Å². The van der Waals surface area contributed by atoms with Crippen LogP contribution in [0, 0.1) is 5.92 Å². The molecule has 1 saturated carbocycles. The van der Waals surface area contributed by atoms with Crippen molar-refractivity contribution in [3.05, 3.63) is 30.1 Å². The fourth-order valence-electron chi connectivity index (χ4n) is 2.20. The van der Waals surface area contributed by atoms with Gasteiger partial charge in [0.25, 0.3) is 0 Å². The fourth-order valence-corrected chi connectivity index (χ4v) is 2.20. The van der Waals surface area contributed by atoms with Crippen molar-refractivity contribution in [2.24, 2.45) is 5.92 Å². The number of carbonyl (C=O) groups excluding carboxylic acids is 1. The molecule has 1 fully saturated rings. The minimum absolute atomic E-state index is 0.254. The maximum atomic E-state index is 12.0. The second kappa shape index (κ2) is 4.44. The predicted molar refractivity (Wildman–Crippen MR) is 68.4 cm³/mol. The molecule has 1 aliphatic carbocycles. The van der Waals surface area contributed by atoms with Crippen molar-refractivity contribution in [1.82, 2.24) is 9.55 Å². The van der Waals surface area contributed by atoms with Gasteiger partial charge in [-0.2, -0.15) is 0 Å². The smallest absolute Gasteiger partial charge is 0.355 e. The summed E-state index contributed by atoms with van der Waals surface area (Å²) in [6, 6.07) is 5.75. The van der Waals surface area contributed by atoms with Gasteiger partial charge in [-0.05, 0) is 43.9 Å². The molecular weight excluding hydrogens is 228 g/mol. The summed E-state index contributed by atoms with van der Waals surface area (Å²) in [6.07, 6.45) is 4.25. The van der Waals surface area contributed by atoms with E-state index in [1.165, 1.54) is 12.8 Å². The van der Waals surface area contributed by atoms with Crippen LogP contribution in [0.3, 0.4) is 0 Å². The number of carbonyl (C=O) groups is 1. The molecule has 0 aliphatic heterocycles. The first-order valence-corrected chi connectivity index (χ1v) is 6.41. The van der Waals surface area contributed by atoms with Crippen LogP contribution in [-0.4, -0.2) is 22.1 Å². The van der Waals surface area contributed by atoms with Gasteiger partial charge in [-0.3, -0.25) is 0 Å². The highest BCUT2D eigenvalue weighted by molar-refractivity contribution is 5.94. The van der Waals surface area contributed by atoms with Crippen molar-refractivity contribution < 1.29 is 9.53 Å². The third-order valence-electron chi connectivity index (χ3n) is 3.28. The molecule has 2 aromatic rings. The first-order valence-electron chi connectivity index (χ1n) is 6.41. The number of pyridine rings is 1. The van der Waals surface area contributed by atoms with Crippen LogP contribution in [0.5, 0.6) is 0 Å². The topological polar surface area (TPSA) is 44.1 Å². The Bertz CT molecular complexity index is 584. The average molecular weight is 244 g/mol. The van der Waals surface area contributed by atoms with Crippen molar-refractivity contribution in [3.8, 4) is 0 Å². The van der Waals surface area contributed by atoms with Crippen LogP contribution in [0.15, 0.2) is 24.4 Å². The Morgan fingerprint density at radius 3 is 3.11 bits per heavy atom. The Kier molecular flexibility index (Phi) is 2.78. The molecule has 0 N–H and O–H groups in total. The van der Waals surface area contributed by atoms with Crippen molar-refractivity contribution in [2.45, 2.75) is 26.3 Å². The first kappa shape index (κ1) is 11.3. The van der Waals surface area contributed by atoms with E-state index >= 15 is 0 Å². The Balaban J connectivity index is 2.06. The minimum Gasteiger partial charge on any atom is -0.461 e. The van der Waals surface area contributed by atoms with Gasteiger partial charge in [0.05, 0.1) is 6.61 Å². The molecule has 0 bridgehead atoms. The van der Waals surface area contributed by atoms with Crippen LogP contribution < -0.4 is 0 Å². The summed E-state index contributed by atoms with van der Waals surface area (Å²) < 4.78 is 7.12. The van der Waals surface area contributed by atoms with E-state index in [1.54, 1.807) is 6.20 Å². The zero-order chi connectivity index (χ0) is 12.5. The van der Waals surface area contributed by atoms with Crippen LogP contribution in [0.1, 0.15) is 30.3 Å². The Labute approximate surface area is 106 Å². The standard InChI is InChI=1S/C14H16N2O2/c1-2-18-14(17)12-8-11-4-3-7-15-13(11)16(12)9-10-5-6-10/h3-4,7-8,10H,2,5-6,9H2,1H3. The number of hydrogen-bond donors (Lipinski definition) is 0. The van der Waals surface area contributed by atoms with Gasteiger partial charge in [0.1, 0.15) is 11.3 Å². The summed E-state index contributed by atoms with van der Waals surface area (Å²) in [5, 5.41) is 1.00. The quantitative estimate of drug-likeness (QED) is 0.776. The molecule has 2 heterocycles. The maximum Gasteiger partial charge on any atom is 0.355 e. The summed E-state index contributed by atoms with van der Waals surface area (Å²) in [7, 11) is 0. The molecule has 3 rings (SSSR count). The van der Waals surface area contributed by atoms with Crippen molar-refractivity contribution in [3.63, 3.8) is 0 Å². The number of rotatable bonds is 4. The lowest BCUT2D eigenvalue weighted by molar-refractivity contribution is 0.0514. The highest BCUT2D eigenvalue weighted by atomic mass is 16.5.